The van der Waals surface area contributed by atoms with Gasteiger partial charge < -0.3 is 5.32 Å². The molecule has 2 aliphatic carbocycles. The van der Waals surface area contributed by atoms with Gasteiger partial charge in [0.05, 0.1) is 5.56 Å². The molecule has 0 saturated heterocycles. The summed E-state index contributed by atoms with van der Waals surface area (Å²) in [6.45, 7) is 6.15. The molecule has 1 spiro atoms. The Bertz CT molecular complexity index is 555. The van der Waals surface area contributed by atoms with Gasteiger partial charge in [0, 0.05) is 12.2 Å². The average Bonchev–Trinajstić information content (AvgIpc) is 3.15. The SMILES string of the molecule is CCC1CC12CC(Nc1ncc(C(F)(F)F)cc1C)C2C. The van der Waals surface area contributed by atoms with Gasteiger partial charge in [0.2, 0.25) is 0 Å². The van der Waals surface area contributed by atoms with Crippen LogP contribution in [0.2, 0.25) is 0 Å². The Morgan fingerprint density at radius 3 is 2.57 bits per heavy atom. The minimum absolute atomic E-state index is 0.337. The van der Waals surface area contributed by atoms with Crippen molar-refractivity contribution in [2.75, 3.05) is 5.32 Å². The van der Waals surface area contributed by atoms with Crippen molar-refractivity contribution in [3.63, 3.8) is 0 Å². The fourth-order valence-electron chi connectivity index (χ4n) is 4.00. The van der Waals surface area contributed by atoms with Crippen molar-refractivity contribution < 1.29 is 13.2 Å². The Morgan fingerprint density at radius 1 is 1.38 bits per heavy atom. The van der Waals surface area contributed by atoms with Crippen molar-refractivity contribution in [1.29, 1.82) is 0 Å². The molecule has 3 rings (SSSR count). The molecule has 21 heavy (non-hydrogen) atoms. The number of nitrogens with one attached hydrogen (secondary N) is 1. The molecule has 2 saturated carbocycles. The maximum atomic E-state index is 12.6. The number of anilines is 1. The van der Waals surface area contributed by atoms with Gasteiger partial charge >= 0.3 is 6.18 Å². The van der Waals surface area contributed by atoms with E-state index in [1.807, 2.05) is 0 Å². The van der Waals surface area contributed by atoms with E-state index in [1.54, 1.807) is 6.92 Å². The highest BCUT2D eigenvalue weighted by molar-refractivity contribution is 5.47. The molecule has 4 unspecified atom stereocenters. The van der Waals surface area contributed by atoms with Crippen molar-refractivity contribution in [2.24, 2.45) is 17.3 Å². The Morgan fingerprint density at radius 2 is 2.10 bits per heavy atom. The van der Waals surface area contributed by atoms with Crippen LogP contribution in [0.3, 0.4) is 0 Å². The van der Waals surface area contributed by atoms with Crippen LogP contribution in [0.15, 0.2) is 12.3 Å². The zero-order valence-corrected chi connectivity index (χ0v) is 12.6. The maximum absolute atomic E-state index is 12.6. The van der Waals surface area contributed by atoms with E-state index in [2.05, 4.69) is 24.1 Å². The number of hydrogen-bond acceptors (Lipinski definition) is 2. The van der Waals surface area contributed by atoms with Gasteiger partial charge in [-0.1, -0.05) is 20.3 Å². The fourth-order valence-corrected chi connectivity index (χ4v) is 4.00. The van der Waals surface area contributed by atoms with Gasteiger partial charge in [-0.25, -0.2) is 4.98 Å². The highest BCUT2D eigenvalue weighted by Crippen LogP contribution is 2.69. The van der Waals surface area contributed by atoms with Gasteiger partial charge in [0.15, 0.2) is 0 Å². The second kappa shape index (κ2) is 4.62. The molecule has 2 aliphatic rings. The van der Waals surface area contributed by atoms with Crippen LogP contribution in [0.5, 0.6) is 0 Å². The molecule has 2 nitrogen and oxygen atoms in total. The molecule has 4 atom stereocenters. The molecule has 5 heteroatoms. The maximum Gasteiger partial charge on any atom is 0.417 e. The lowest BCUT2D eigenvalue weighted by Gasteiger charge is -2.45. The number of hydrogen-bond donors (Lipinski definition) is 1. The Hall–Kier alpha value is -1.26. The molecule has 0 bridgehead atoms. The van der Waals surface area contributed by atoms with Crippen LogP contribution in [-0.2, 0) is 6.18 Å². The number of nitrogens with zero attached hydrogens (tertiary/aromatic N) is 1. The molecule has 0 aromatic carbocycles. The van der Waals surface area contributed by atoms with Crippen LogP contribution in [0.1, 0.15) is 44.2 Å². The summed E-state index contributed by atoms with van der Waals surface area (Å²) in [5.74, 6) is 2.00. The predicted octanol–water partition coefficient (Wildman–Crippen LogP) is 4.65. The highest BCUT2D eigenvalue weighted by Gasteiger charge is 2.65. The fraction of sp³-hybridized carbons (Fsp3) is 0.688. The molecular formula is C16H21F3N2. The predicted molar refractivity (Wildman–Crippen MR) is 76.0 cm³/mol. The first-order chi connectivity index (χ1) is 9.78. The summed E-state index contributed by atoms with van der Waals surface area (Å²) in [6.07, 6.45) is 0.249. The Balaban J connectivity index is 1.67. The van der Waals surface area contributed by atoms with Gasteiger partial charge in [0.25, 0.3) is 0 Å². The van der Waals surface area contributed by atoms with Gasteiger partial charge in [-0.3, -0.25) is 0 Å². The minimum Gasteiger partial charge on any atom is -0.367 e. The Labute approximate surface area is 123 Å². The first-order valence-corrected chi connectivity index (χ1v) is 7.58. The summed E-state index contributed by atoms with van der Waals surface area (Å²) in [7, 11) is 0. The van der Waals surface area contributed by atoms with E-state index < -0.39 is 11.7 Å². The summed E-state index contributed by atoms with van der Waals surface area (Å²) in [4.78, 5) is 3.98. The molecule has 1 heterocycles. The summed E-state index contributed by atoms with van der Waals surface area (Å²) < 4.78 is 37.9. The normalized spacial score (nSPS) is 34.7. The molecule has 2 fully saturated rings. The van der Waals surface area contributed by atoms with Gasteiger partial charge in [-0.05, 0) is 48.6 Å². The van der Waals surface area contributed by atoms with E-state index in [-0.39, 0.29) is 0 Å². The molecule has 1 aromatic heterocycles. The molecule has 0 amide bonds. The second-order valence-corrected chi connectivity index (χ2v) is 6.67. The first-order valence-electron chi connectivity index (χ1n) is 7.58. The number of rotatable bonds is 3. The number of alkyl halides is 3. The third-order valence-electron chi connectivity index (χ3n) is 5.61. The van der Waals surface area contributed by atoms with E-state index >= 15 is 0 Å². The number of aryl methyl sites for hydroxylation is 1. The van der Waals surface area contributed by atoms with Crippen molar-refractivity contribution in [1.82, 2.24) is 4.98 Å². The van der Waals surface area contributed by atoms with E-state index in [0.29, 0.717) is 28.8 Å². The average molecular weight is 298 g/mol. The Kier molecular flexibility index (Phi) is 3.22. The molecule has 116 valence electrons. The van der Waals surface area contributed by atoms with Crippen molar-refractivity contribution in [2.45, 2.75) is 52.3 Å². The quantitative estimate of drug-likeness (QED) is 0.879. The minimum atomic E-state index is -4.33. The molecular weight excluding hydrogens is 277 g/mol. The summed E-state index contributed by atoms with van der Waals surface area (Å²) in [5, 5.41) is 3.34. The van der Waals surface area contributed by atoms with Crippen LogP contribution in [-0.4, -0.2) is 11.0 Å². The summed E-state index contributed by atoms with van der Waals surface area (Å²) >= 11 is 0. The topological polar surface area (TPSA) is 24.9 Å². The van der Waals surface area contributed by atoms with Crippen LogP contribution in [0, 0.1) is 24.2 Å². The lowest BCUT2D eigenvalue weighted by molar-refractivity contribution is -0.137. The summed E-state index contributed by atoms with van der Waals surface area (Å²) in [6, 6.07) is 1.50. The third kappa shape index (κ3) is 2.30. The van der Waals surface area contributed by atoms with E-state index in [0.717, 1.165) is 18.5 Å². The van der Waals surface area contributed by atoms with Gasteiger partial charge in [-0.2, -0.15) is 13.2 Å². The van der Waals surface area contributed by atoms with Crippen LogP contribution >= 0.6 is 0 Å². The van der Waals surface area contributed by atoms with Crippen molar-refractivity contribution in [3.8, 4) is 0 Å². The van der Waals surface area contributed by atoms with Gasteiger partial charge in [-0.15, -0.1) is 0 Å². The highest BCUT2D eigenvalue weighted by atomic mass is 19.4. The molecule has 1 N–H and O–H groups in total. The van der Waals surface area contributed by atoms with E-state index in [1.165, 1.54) is 18.9 Å². The van der Waals surface area contributed by atoms with Crippen LogP contribution in [0.25, 0.3) is 0 Å². The van der Waals surface area contributed by atoms with Gasteiger partial charge in [0.1, 0.15) is 5.82 Å². The zero-order valence-electron chi connectivity index (χ0n) is 12.6. The number of halogens is 3. The monoisotopic (exact) mass is 298 g/mol. The van der Waals surface area contributed by atoms with Crippen LogP contribution in [0.4, 0.5) is 19.0 Å². The zero-order chi connectivity index (χ0) is 15.4. The molecule has 0 radical (unpaired) electrons. The van der Waals surface area contributed by atoms with E-state index in [4.69, 9.17) is 0 Å². The van der Waals surface area contributed by atoms with E-state index in [9.17, 15) is 13.2 Å². The second-order valence-electron chi connectivity index (χ2n) is 6.67. The van der Waals surface area contributed by atoms with Crippen molar-refractivity contribution >= 4 is 5.82 Å². The first kappa shape index (κ1) is 14.7. The molecule has 0 aliphatic heterocycles. The largest absolute Gasteiger partial charge is 0.417 e. The smallest absolute Gasteiger partial charge is 0.367 e. The van der Waals surface area contributed by atoms with Crippen molar-refractivity contribution in [3.05, 3.63) is 23.4 Å². The standard InChI is InChI=1S/C16H21F3N2/c1-4-11-6-15(11)7-13(10(15)3)21-14-9(2)5-12(8-20-14)16(17,18)19/h5,8,10-11,13H,4,6-7H2,1-3H3,(H,20,21). The third-order valence-corrected chi connectivity index (χ3v) is 5.61. The lowest BCUT2D eigenvalue weighted by Crippen LogP contribution is -2.47. The molecule has 1 aromatic rings. The number of aromatic nitrogens is 1. The van der Waals surface area contributed by atoms with Crippen LogP contribution < -0.4 is 5.32 Å². The summed E-state index contributed by atoms with van der Waals surface area (Å²) in [5.41, 5.74) is 0.379. The lowest BCUT2D eigenvalue weighted by atomic mass is 9.65. The number of pyridine rings is 1.